The van der Waals surface area contributed by atoms with Gasteiger partial charge in [-0.2, -0.15) is 0 Å². The van der Waals surface area contributed by atoms with Gasteiger partial charge in [-0.15, -0.1) is 0 Å². The van der Waals surface area contributed by atoms with E-state index in [-0.39, 0.29) is 23.2 Å². The quantitative estimate of drug-likeness (QED) is 0.165. The maximum atomic E-state index is 13.5. The minimum atomic E-state index is -0.433. The van der Waals surface area contributed by atoms with Crippen molar-refractivity contribution in [1.29, 1.82) is 0 Å². The molecule has 0 aliphatic heterocycles. The normalized spacial score (nSPS) is 11.1. The zero-order valence-electron chi connectivity index (χ0n) is 19.3. The molecule has 9 heteroatoms. The van der Waals surface area contributed by atoms with E-state index < -0.39 is 4.92 Å². The maximum Gasteiger partial charge on any atom is 0.269 e. The standard InChI is InChI=1S/C26H24N4O4S/c1-17(2)27-24(31)20-11-12-22-23(14-20)28-26(29(25(22)32)15-18-7-4-3-5-8-18)35-16-19-9-6-10-21(13-19)30(33)34/h3-14,17H,15-16H2,1-2H3,(H,27,31). The number of rotatable bonds is 8. The number of carbonyl (C=O) groups excluding carboxylic acids is 1. The Morgan fingerprint density at radius 2 is 1.80 bits per heavy atom. The average Bonchev–Trinajstić information content (AvgIpc) is 2.84. The highest BCUT2D eigenvalue weighted by atomic mass is 32.2. The second-order valence-electron chi connectivity index (χ2n) is 8.35. The molecular formula is C26H24N4O4S. The highest BCUT2D eigenvalue weighted by Gasteiger charge is 2.16. The van der Waals surface area contributed by atoms with Crippen molar-refractivity contribution in [1.82, 2.24) is 14.9 Å². The molecule has 178 valence electrons. The van der Waals surface area contributed by atoms with Gasteiger partial charge in [0, 0.05) is 29.5 Å². The molecule has 0 atom stereocenters. The maximum absolute atomic E-state index is 13.5. The Balaban J connectivity index is 1.75. The van der Waals surface area contributed by atoms with Crippen LogP contribution in [0.3, 0.4) is 0 Å². The Morgan fingerprint density at radius 3 is 2.51 bits per heavy atom. The van der Waals surface area contributed by atoms with Crippen LogP contribution in [0.5, 0.6) is 0 Å². The summed E-state index contributed by atoms with van der Waals surface area (Å²) in [5.41, 5.74) is 2.34. The molecule has 0 aliphatic carbocycles. The molecule has 35 heavy (non-hydrogen) atoms. The lowest BCUT2D eigenvalue weighted by Crippen LogP contribution is -2.30. The van der Waals surface area contributed by atoms with Crippen LogP contribution in [0.15, 0.2) is 82.7 Å². The van der Waals surface area contributed by atoms with Crippen molar-refractivity contribution >= 4 is 34.3 Å². The van der Waals surface area contributed by atoms with E-state index >= 15 is 0 Å². The molecule has 4 rings (SSSR count). The molecule has 1 amide bonds. The predicted molar refractivity (Wildman–Crippen MR) is 137 cm³/mol. The molecule has 3 aromatic carbocycles. The lowest BCUT2D eigenvalue weighted by molar-refractivity contribution is -0.384. The van der Waals surface area contributed by atoms with Gasteiger partial charge in [0.25, 0.3) is 17.2 Å². The number of nitrogens with one attached hydrogen (secondary N) is 1. The molecule has 0 spiro atoms. The van der Waals surface area contributed by atoms with E-state index in [1.165, 1.54) is 23.9 Å². The van der Waals surface area contributed by atoms with Crippen LogP contribution in [0, 0.1) is 10.1 Å². The van der Waals surface area contributed by atoms with Crippen LogP contribution in [0.25, 0.3) is 10.9 Å². The zero-order valence-corrected chi connectivity index (χ0v) is 20.1. The van der Waals surface area contributed by atoms with Gasteiger partial charge in [-0.25, -0.2) is 4.98 Å². The second-order valence-corrected chi connectivity index (χ2v) is 9.29. The van der Waals surface area contributed by atoms with Gasteiger partial charge in [-0.05, 0) is 43.2 Å². The number of nitro benzene ring substituents is 1. The van der Waals surface area contributed by atoms with Gasteiger partial charge in [-0.1, -0.05) is 54.2 Å². The Morgan fingerprint density at radius 1 is 1.06 bits per heavy atom. The van der Waals surface area contributed by atoms with Gasteiger partial charge in [0.15, 0.2) is 5.16 Å². The monoisotopic (exact) mass is 488 g/mol. The number of non-ortho nitro benzene ring substituents is 1. The van der Waals surface area contributed by atoms with Crippen molar-refractivity contribution in [2.75, 3.05) is 0 Å². The first kappa shape index (κ1) is 24.2. The van der Waals surface area contributed by atoms with Gasteiger partial charge < -0.3 is 5.32 Å². The van der Waals surface area contributed by atoms with E-state index in [1.807, 2.05) is 44.2 Å². The smallest absolute Gasteiger partial charge is 0.269 e. The zero-order chi connectivity index (χ0) is 24.9. The first-order valence-corrected chi connectivity index (χ1v) is 12.1. The number of hydrogen-bond donors (Lipinski definition) is 1. The summed E-state index contributed by atoms with van der Waals surface area (Å²) in [6.45, 7) is 4.08. The first-order valence-electron chi connectivity index (χ1n) is 11.1. The summed E-state index contributed by atoms with van der Waals surface area (Å²) in [5.74, 6) is 0.157. The summed E-state index contributed by atoms with van der Waals surface area (Å²) in [6.07, 6.45) is 0. The van der Waals surface area contributed by atoms with Gasteiger partial charge in [-0.3, -0.25) is 24.3 Å². The van der Waals surface area contributed by atoms with Crippen LogP contribution in [0.1, 0.15) is 35.3 Å². The number of aromatic nitrogens is 2. The summed E-state index contributed by atoms with van der Waals surface area (Å²) in [6, 6.07) is 20.9. The molecule has 0 aliphatic rings. The molecule has 4 aromatic rings. The summed E-state index contributed by atoms with van der Waals surface area (Å²) in [5, 5.41) is 14.9. The lowest BCUT2D eigenvalue weighted by atomic mass is 10.1. The lowest BCUT2D eigenvalue weighted by Gasteiger charge is -2.14. The van der Waals surface area contributed by atoms with Gasteiger partial charge in [0.2, 0.25) is 0 Å². The molecule has 1 N–H and O–H groups in total. The molecule has 0 fully saturated rings. The molecule has 0 saturated heterocycles. The molecule has 0 radical (unpaired) electrons. The van der Waals surface area contributed by atoms with E-state index in [0.717, 1.165) is 11.1 Å². The predicted octanol–water partition coefficient (Wildman–Crippen LogP) is 4.78. The fourth-order valence-electron chi connectivity index (χ4n) is 3.61. The van der Waals surface area contributed by atoms with Gasteiger partial charge >= 0.3 is 0 Å². The van der Waals surface area contributed by atoms with Crippen molar-refractivity contribution in [2.45, 2.75) is 37.3 Å². The Hall–Kier alpha value is -3.98. The van der Waals surface area contributed by atoms with Crippen LogP contribution >= 0.6 is 11.8 Å². The Bertz CT molecular complexity index is 1450. The summed E-state index contributed by atoms with van der Waals surface area (Å²) < 4.78 is 1.60. The fraction of sp³-hybridized carbons (Fsp3) is 0.192. The largest absolute Gasteiger partial charge is 0.350 e. The number of thioether (sulfide) groups is 1. The number of benzene rings is 3. The molecular weight excluding hydrogens is 464 g/mol. The molecule has 8 nitrogen and oxygen atoms in total. The minimum Gasteiger partial charge on any atom is -0.350 e. The van der Waals surface area contributed by atoms with E-state index in [1.54, 1.807) is 34.9 Å². The van der Waals surface area contributed by atoms with Crippen LogP contribution in [0.2, 0.25) is 0 Å². The number of carbonyl (C=O) groups is 1. The number of amides is 1. The number of fused-ring (bicyclic) bond motifs is 1. The van der Waals surface area contributed by atoms with E-state index in [2.05, 4.69) is 5.32 Å². The molecule has 0 bridgehead atoms. The van der Waals surface area contributed by atoms with E-state index in [9.17, 15) is 19.7 Å². The minimum absolute atomic E-state index is 0.0112. The van der Waals surface area contributed by atoms with Gasteiger partial charge in [0.05, 0.1) is 22.4 Å². The highest BCUT2D eigenvalue weighted by Crippen LogP contribution is 2.25. The SMILES string of the molecule is CC(C)NC(=O)c1ccc2c(=O)n(Cc3ccccc3)c(SCc3cccc([N+](=O)[O-])c3)nc2c1. The second kappa shape index (κ2) is 10.5. The van der Waals surface area contributed by atoms with Crippen molar-refractivity contribution < 1.29 is 9.72 Å². The summed E-state index contributed by atoms with van der Waals surface area (Å²) in [4.78, 5) is 41.4. The van der Waals surface area contributed by atoms with Crippen molar-refractivity contribution in [2.24, 2.45) is 0 Å². The Labute approximate surface area is 206 Å². The number of hydrogen-bond acceptors (Lipinski definition) is 6. The van der Waals surface area contributed by atoms with E-state index in [4.69, 9.17) is 4.98 Å². The average molecular weight is 489 g/mol. The topological polar surface area (TPSA) is 107 Å². The highest BCUT2D eigenvalue weighted by molar-refractivity contribution is 7.98. The molecule has 1 aromatic heterocycles. The van der Waals surface area contributed by atoms with Crippen LogP contribution in [-0.2, 0) is 12.3 Å². The van der Waals surface area contributed by atoms with Crippen molar-refractivity contribution in [3.05, 3.63) is 110 Å². The van der Waals surface area contributed by atoms with Crippen LogP contribution in [-0.4, -0.2) is 26.4 Å². The number of nitro groups is 1. The third kappa shape index (κ3) is 5.75. The van der Waals surface area contributed by atoms with Crippen LogP contribution < -0.4 is 10.9 Å². The molecule has 1 heterocycles. The van der Waals surface area contributed by atoms with Crippen molar-refractivity contribution in [3.63, 3.8) is 0 Å². The Kier molecular flexibility index (Phi) is 7.26. The van der Waals surface area contributed by atoms with Crippen molar-refractivity contribution in [3.8, 4) is 0 Å². The fourth-order valence-corrected chi connectivity index (χ4v) is 4.55. The summed E-state index contributed by atoms with van der Waals surface area (Å²) >= 11 is 1.32. The van der Waals surface area contributed by atoms with Crippen LogP contribution in [0.4, 0.5) is 5.69 Å². The summed E-state index contributed by atoms with van der Waals surface area (Å²) in [7, 11) is 0. The number of nitrogens with zero attached hydrogens (tertiary/aromatic N) is 3. The molecule has 0 saturated carbocycles. The molecule has 0 unspecified atom stereocenters. The third-order valence-corrected chi connectivity index (χ3v) is 6.32. The van der Waals surface area contributed by atoms with E-state index in [0.29, 0.717) is 33.9 Å². The third-order valence-electron chi connectivity index (χ3n) is 5.28. The van der Waals surface area contributed by atoms with Gasteiger partial charge in [0.1, 0.15) is 0 Å². The first-order chi connectivity index (χ1) is 16.8.